The molecular weight excluding hydrogens is 554 g/mol. The molecule has 1 atom stereocenters. The molecular formula is C29H36ClN3O8. The number of aliphatic carboxylic acids is 4. The summed E-state index contributed by atoms with van der Waals surface area (Å²) >= 11 is 6.39. The smallest absolute Gasteiger partial charge is 0.328 e. The molecule has 0 bridgehead atoms. The Morgan fingerprint density at radius 2 is 1.41 bits per heavy atom. The second kappa shape index (κ2) is 17.5. The molecule has 222 valence electrons. The van der Waals surface area contributed by atoms with Crippen LogP contribution < -0.4 is 4.90 Å². The highest BCUT2D eigenvalue weighted by molar-refractivity contribution is 6.38. The van der Waals surface area contributed by atoms with Crippen molar-refractivity contribution in [2.45, 2.75) is 27.2 Å². The molecule has 4 N–H and O–H groups in total. The molecule has 0 aliphatic carbocycles. The Labute approximate surface area is 243 Å². The van der Waals surface area contributed by atoms with Gasteiger partial charge in [0.15, 0.2) is 0 Å². The Bertz CT molecular complexity index is 1250. The lowest BCUT2D eigenvalue weighted by molar-refractivity contribution is -0.134. The predicted octanol–water partition coefficient (Wildman–Crippen LogP) is 4.48. The van der Waals surface area contributed by atoms with Gasteiger partial charge in [0.05, 0.1) is 5.69 Å². The summed E-state index contributed by atoms with van der Waals surface area (Å²) in [5.41, 5.74) is 2.40. The van der Waals surface area contributed by atoms with Crippen molar-refractivity contribution in [2.75, 3.05) is 38.1 Å². The highest BCUT2D eigenvalue weighted by Crippen LogP contribution is 2.39. The Morgan fingerprint density at radius 1 is 0.902 bits per heavy atom. The van der Waals surface area contributed by atoms with E-state index in [1.165, 1.54) is 23.1 Å². The Balaban J connectivity index is 0.000000433. The zero-order valence-corrected chi connectivity index (χ0v) is 24.2. The summed E-state index contributed by atoms with van der Waals surface area (Å²) < 4.78 is 0. The lowest BCUT2D eigenvalue weighted by Gasteiger charge is -2.20. The molecule has 0 spiro atoms. The number of hydrogen-bond acceptors (Lipinski definition) is 6. The summed E-state index contributed by atoms with van der Waals surface area (Å²) in [7, 11) is 2.10. The van der Waals surface area contributed by atoms with Gasteiger partial charge in [0, 0.05) is 59.3 Å². The number of carbonyl (C=O) groups is 4. The van der Waals surface area contributed by atoms with Gasteiger partial charge in [-0.25, -0.2) is 19.2 Å². The summed E-state index contributed by atoms with van der Waals surface area (Å²) in [6.07, 6.45) is 3.42. The third-order valence-corrected chi connectivity index (χ3v) is 6.34. The van der Waals surface area contributed by atoms with Crippen LogP contribution >= 0.6 is 11.6 Å². The highest BCUT2D eigenvalue weighted by Gasteiger charge is 2.25. The number of nitrogens with zero attached hydrogens (tertiary/aromatic N) is 3. The molecule has 0 amide bonds. The molecule has 0 saturated carbocycles. The predicted molar refractivity (Wildman–Crippen MR) is 159 cm³/mol. The molecule has 1 unspecified atom stereocenters. The van der Waals surface area contributed by atoms with Crippen molar-refractivity contribution in [1.29, 1.82) is 0 Å². The van der Waals surface area contributed by atoms with Gasteiger partial charge in [0.25, 0.3) is 0 Å². The van der Waals surface area contributed by atoms with Gasteiger partial charge in [-0.15, -0.1) is 0 Å². The Morgan fingerprint density at radius 3 is 1.88 bits per heavy atom. The van der Waals surface area contributed by atoms with Gasteiger partial charge in [-0.1, -0.05) is 50.6 Å². The van der Waals surface area contributed by atoms with Gasteiger partial charge in [-0.3, -0.25) is 4.99 Å². The van der Waals surface area contributed by atoms with Crippen LogP contribution in [0, 0.1) is 5.92 Å². The summed E-state index contributed by atoms with van der Waals surface area (Å²) in [5, 5.41) is 34.4. The average molecular weight is 590 g/mol. The Kier molecular flexibility index (Phi) is 14.8. The quantitative estimate of drug-likeness (QED) is 0.274. The number of halogens is 1. The topological polar surface area (TPSA) is 168 Å². The average Bonchev–Trinajstić information content (AvgIpc) is 3.19. The number of benzene rings is 2. The van der Waals surface area contributed by atoms with Crippen LogP contribution in [-0.4, -0.2) is 88.3 Å². The van der Waals surface area contributed by atoms with E-state index in [1.54, 1.807) is 0 Å². The van der Waals surface area contributed by atoms with Crippen molar-refractivity contribution >= 4 is 57.8 Å². The van der Waals surface area contributed by atoms with Crippen molar-refractivity contribution in [3.8, 4) is 0 Å². The molecule has 11 nitrogen and oxygen atoms in total. The van der Waals surface area contributed by atoms with Crippen LogP contribution in [0.2, 0.25) is 5.02 Å². The van der Waals surface area contributed by atoms with Gasteiger partial charge in [0.1, 0.15) is 5.84 Å². The zero-order valence-electron chi connectivity index (χ0n) is 23.5. The number of aliphatic imine (C=N–C) groups is 1. The largest absolute Gasteiger partial charge is 0.478 e. The fraction of sp³-hybridized carbons (Fsp3) is 0.345. The molecule has 0 radical (unpaired) electrons. The molecule has 3 rings (SSSR count). The van der Waals surface area contributed by atoms with Gasteiger partial charge >= 0.3 is 23.9 Å². The SMILES string of the molecule is CCN(CC)CCC(C)C/N=C1/c2cccc3c(Cl)ccc(c23)N1C.O=C(O)/C=C/C(=O)O.O=C(O)/C=C/C(=O)O. The van der Waals surface area contributed by atoms with Gasteiger partial charge in [-0.2, -0.15) is 0 Å². The fourth-order valence-corrected chi connectivity index (χ4v) is 4.09. The van der Waals surface area contributed by atoms with E-state index in [-0.39, 0.29) is 0 Å². The van der Waals surface area contributed by atoms with E-state index in [0.717, 1.165) is 42.4 Å². The fourth-order valence-electron chi connectivity index (χ4n) is 3.87. The first-order chi connectivity index (χ1) is 19.3. The van der Waals surface area contributed by atoms with Crippen LogP contribution in [0.4, 0.5) is 5.69 Å². The minimum absolute atomic E-state index is 0.558. The van der Waals surface area contributed by atoms with Gasteiger partial charge in [0.2, 0.25) is 0 Å². The lowest BCUT2D eigenvalue weighted by Crippen LogP contribution is -2.26. The van der Waals surface area contributed by atoms with E-state index >= 15 is 0 Å². The van der Waals surface area contributed by atoms with Crippen LogP contribution in [0.25, 0.3) is 10.8 Å². The van der Waals surface area contributed by atoms with E-state index in [1.807, 2.05) is 6.07 Å². The molecule has 1 aliphatic heterocycles. The number of hydrogen-bond donors (Lipinski definition) is 4. The molecule has 0 fully saturated rings. The molecule has 2 aromatic rings. The molecule has 2 aromatic carbocycles. The van der Waals surface area contributed by atoms with E-state index in [4.69, 9.17) is 37.0 Å². The highest BCUT2D eigenvalue weighted by atomic mass is 35.5. The van der Waals surface area contributed by atoms with Crippen molar-refractivity contribution in [1.82, 2.24) is 4.90 Å². The van der Waals surface area contributed by atoms with Gasteiger partial charge in [-0.05, 0) is 44.1 Å². The summed E-state index contributed by atoms with van der Waals surface area (Å²) in [6.45, 7) is 11.0. The first-order valence-corrected chi connectivity index (χ1v) is 13.2. The second-order valence-corrected chi connectivity index (χ2v) is 9.37. The number of carboxylic acid groups (broad SMARTS) is 4. The zero-order chi connectivity index (χ0) is 31.1. The standard InChI is InChI=1S/C21H28ClN3.2C4H4O4/c1-5-25(6-2)13-12-15(3)14-23-21-17-9-7-8-16-18(22)10-11-19(20(16)17)24(21)4;2*5-3(6)1-2-4(7)8/h7-11,15H,5-6,12-14H2,1-4H3;2*1-2H,(H,5,6)(H,7,8)/b23-21-;2*2-1+. The third kappa shape index (κ3) is 11.8. The van der Waals surface area contributed by atoms with Crippen LogP contribution in [0.15, 0.2) is 59.6 Å². The first kappa shape index (κ1) is 34.8. The summed E-state index contributed by atoms with van der Waals surface area (Å²) in [4.78, 5) is 47.9. The lowest BCUT2D eigenvalue weighted by atomic mass is 10.1. The van der Waals surface area contributed by atoms with Crippen molar-refractivity contribution in [3.05, 3.63) is 65.2 Å². The summed E-state index contributed by atoms with van der Waals surface area (Å²) in [5.74, 6) is -3.38. The number of amidine groups is 1. The third-order valence-electron chi connectivity index (χ3n) is 6.01. The van der Waals surface area contributed by atoms with E-state index < -0.39 is 23.9 Å². The molecule has 0 saturated heterocycles. The minimum atomic E-state index is -1.26. The molecule has 41 heavy (non-hydrogen) atoms. The van der Waals surface area contributed by atoms with E-state index in [2.05, 4.69) is 61.9 Å². The molecule has 0 aromatic heterocycles. The molecule has 1 aliphatic rings. The summed E-state index contributed by atoms with van der Waals surface area (Å²) in [6, 6.07) is 10.4. The van der Waals surface area contributed by atoms with Crippen LogP contribution in [0.5, 0.6) is 0 Å². The maximum absolute atomic E-state index is 9.55. The maximum Gasteiger partial charge on any atom is 0.328 e. The normalized spacial score (nSPS) is 13.7. The van der Waals surface area contributed by atoms with Gasteiger partial charge < -0.3 is 30.2 Å². The second-order valence-electron chi connectivity index (χ2n) is 8.96. The molecule has 12 heteroatoms. The number of rotatable bonds is 11. The van der Waals surface area contributed by atoms with E-state index in [9.17, 15) is 19.2 Å². The van der Waals surface area contributed by atoms with Crippen molar-refractivity contribution < 1.29 is 39.6 Å². The number of anilines is 1. The maximum atomic E-state index is 9.55. The number of carboxylic acids is 4. The van der Waals surface area contributed by atoms with Crippen LogP contribution in [0.1, 0.15) is 32.8 Å². The van der Waals surface area contributed by atoms with Crippen molar-refractivity contribution in [2.24, 2.45) is 10.9 Å². The Hall–Kier alpha value is -4.22. The van der Waals surface area contributed by atoms with E-state index in [0.29, 0.717) is 30.2 Å². The minimum Gasteiger partial charge on any atom is -0.478 e. The first-order valence-electron chi connectivity index (χ1n) is 12.8. The van der Waals surface area contributed by atoms with Crippen LogP contribution in [-0.2, 0) is 19.2 Å². The van der Waals surface area contributed by atoms with Crippen LogP contribution in [0.3, 0.4) is 0 Å². The monoisotopic (exact) mass is 589 g/mol. The van der Waals surface area contributed by atoms with Crippen molar-refractivity contribution in [3.63, 3.8) is 0 Å². The molecule has 1 heterocycles.